The molecule has 1 aliphatic heterocycles. The van der Waals surface area contributed by atoms with Gasteiger partial charge in [0.1, 0.15) is 0 Å². The number of anilines is 1. The Labute approximate surface area is 139 Å². The second-order valence-corrected chi connectivity index (χ2v) is 6.36. The molecule has 0 spiro atoms. The number of nitrogens with zero attached hydrogens (tertiary/aromatic N) is 2. The third-order valence-corrected chi connectivity index (χ3v) is 4.44. The Morgan fingerprint density at radius 2 is 2.22 bits per heavy atom. The van der Waals surface area contributed by atoms with E-state index in [0.29, 0.717) is 6.54 Å². The molecular formula is C19H28N2O2. The van der Waals surface area contributed by atoms with Gasteiger partial charge in [0.2, 0.25) is 0 Å². The summed E-state index contributed by atoms with van der Waals surface area (Å²) in [6, 6.07) is 6.27. The Hall–Kier alpha value is -1.81. The Kier molecular flexibility index (Phi) is 6.66. The standard InChI is InChI=1S/C19H28N2O2/c1-3-12-20(2)13-6-4-5-8-16-10-11-18-17(15-16)9-7-14-21(18)19(22)23/h3,10-11,15H,1,4-9,12-14H2,2H3,(H,22,23). The van der Waals surface area contributed by atoms with Crippen molar-refractivity contribution in [3.63, 3.8) is 0 Å². The first-order valence-corrected chi connectivity index (χ1v) is 8.53. The van der Waals surface area contributed by atoms with Crippen molar-refractivity contribution >= 4 is 11.8 Å². The number of carboxylic acid groups (broad SMARTS) is 1. The van der Waals surface area contributed by atoms with Crippen molar-refractivity contribution in [2.75, 3.05) is 31.6 Å². The van der Waals surface area contributed by atoms with Gasteiger partial charge in [0.05, 0.1) is 5.69 Å². The van der Waals surface area contributed by atoms with Crippen LogP contribution in [0.15, 0.2) is 30.9 Å². The van der Waals surface area contributed by atoms with Gasteiger partial charge in [-0.05, 0) is 62.9 Å². The maximum atomic E-state index is 11.3. The lowest BCUT2D eigenvalue weighted by Gasteiger charge is -2.27. The van der Waals surface area contributed by atoms with Crippen molar-refractivity contribution in [3.05, 3.63) is 42.0 Å². The summed E-state index contributed by atoms with van der Waals surface area (Å²) in [6.45, 7) is 6.43. The maximum Gasteiger partial charge on any atom is 0.411 e. The fraction of sp³-hybridized carbons (Fsp3) is 0.526. The number of aryl methyl sites for hydroxylation is 2. The first-order valence-electron chi connectivity index (χ1n) is 8.53. The van der Waals surface area contributed by atoms with Gasteiger partial charge in [0.25, 0.3) is 0 Å². The minimum Gasteiger partial charge on any atom is -0.465 e. The fourth-order valence-electron chi connectivity index (χ4n) is 3.20. The van der Waals surface area contributed by atoms with Gasteiger partial charge in [-0.1, -0.05) is 24.6 Å². The molecule has 0 saturated heterocycles. The van der Waals surface area contributed by atoms with Crippen molar-refractivity contribution < 1.29 is 9.90 Å². The van der Waals surface area contributed by atoms with Crippen LogP contribution < -0.4 is 4.90 Å². The second-order valence-electron chi connectivity index (χ2n) is 6.36. The van der Waals surface area contributed by atoms with Crippen molar-refractivity contribution in [2.45, 2.75) is 38.5 Å². The van der Waals surface area contributed by atoms with Crippen LogP contribution in [-0.2, 0) is 12.8 Å². The van der Waals surface area contributed by atoms with Gasteiger partial charge in [-0.15, -0.1) is 6.58 Å². The minimum absolute atomic E-state index is 0.611. The highest BCUT2D eigenvalue weighted by atomic mass is 16.4. The van der Waals surface area contributed by atoms with E-state index in [0.717, 1.165) is 38.0 Å². The summed E-state index contributed by atoms with van der Waals surface area (Å²) in [5.74, 6) is 0. The Bertz CT molecular complexity index is 542. The van der Waals surface area contributed by atoms with Crippen LogP contribution in [0.2, 0.25) is 0 Å². The van der Waals surface area contributed by atoms with Crippen molar-refractivity contribution in [2.24, 2.45) is 0 Å². The molecule has 0 fully saturated rings. The zero-order valence-electron chi connectivity index (χ0n) is 14.1. The first-order chi connectivity index (χ1) is 11.1. The zero-order chi connectivity index (χ0) is 16.7. The van der Waals surface area contributed by atoms with Crippen LogP contribution >= 0.6 is 0 Å². The lowest BCUT2D eigenvalue weighted by Crippen LogP contribution is -2.34. The molecule has 1 N–H and O–H groups in total. The summed E-state index contributed by atoms with van der Waals surface area (Å²) in [4.78, 5) is 15.0. The number of benzene rings is 1. The summed E-state index contributed by atoms with van der Waals surface area (Å²) >= 11 is 0. The number of rotatable bonds is 8. The summed E-state index contributed by atoms with van der Waals surface area (Å²) < 4.78 is 0. The van der Waals surface area contributed by atoms with Crippen molar-refractivity contribution in [1.82, 2.24) is 4.90 Å². The number of hydrogen-bond acceptors (Lipinski definition) is 2. The lowest BCUT2D eigenvalue weighted by atomic mass is 9.97. The predicted molar refractivity (Wildman–Crippen MR) is 95.4 cm³/mol. The molecule has 126 valence electrons. The Morgan fingerprint density at radius 3 is 2.96 bits per heavy atom. The first kappa shape index (κ1) is 17.5. The van der Waals surface area contributed by atoms with Gasteiger partial charge in [-0.2, -0.15) is 0 Å². The Balaban J connectivity index is 1.81. The monoisotopic (exact) mass is 316 g/mol. The second kappa shape index (κ2) is 8.73. The van der Waals surface area contributed by atoms with E-state index in [4.69, 9.17) is 0 Å². The molecule has 23 heavy (non-hydrogen) atoms. The zero-order valence-corrected chi connectivity index (χ0v) is 14.1. The Morgan fingerprint density at radius 1 is 1.39 bits per heavy atom. The average Bonchev–Trinajstić information content (AvgIpc) is 2.54. The fourth-order valence-corrected chi connectivity index (χ4v) is 3.20. The number of carbonyl (C=O) groups is 1. The topological polar surface area (TPSA) is 43.8 Å². The third kappa shape index (κ3) is 5.10. The van der Waals surface area contributed by atoms with E-state index < -0.39 is 6.09 Å². The molecule has 4 nitrogen and oxygen atoms in total. The van der Waals surface area contributed by atoms with Crippen LogP contribution in [0, 0.1) is 0 Å². The minimum atomic E-state index is -0.845. The van der Waals surface area contributed by atoms with E-state index in [1.165, 1.54) is 35.3 Å². The highest BCUT2D eigenvalue weighted by molar-refractivity contribution is 5.87. The van der Waals surface area contributed by atoms with E-state index in [1.807, 2.05) is 12.1 Å². The van der Waals surface area contributed by atoms with E-state index >= 15 is 0 Å². The molecule has 0 radical (unpaired) electrons. The SMILES string of the molecule is C=CCN(C)CCCCCc1ccc2c(c1)CCCN2C(=O)O. The van der Waals surface area contributed by atoms with Gasteiger partial charge >= 0.3 is 6.09 Å². The van der Waals surface area contributed by atoms with Gasteiger partial charge in [-0.25, -0.2) is 4.79 Å². The molecule has 0 unspecified atom stereocenters. The number of amides is 1. The van der Waals surface area contributed by atoms with Crippen molar-refractivity contribution in [3.8, 4) is 0 Å². The van der Waals surface area contributed by atoms with Crippen LogP contribution in [0.4, 0.5) is 10.5 Å². The van der Waals surface area contributed by atoms with E-state index in [2.05, 4.69) is 30.7 Å². The van der Waals surface area contributed by atoms with Crippen LogP contribution in [0.3, 0.4) is 0 Å². The molecule has 1 heterocycles. The molecule has 0 aliphatic carbocycles. The highest BCUT2D eigenvalue weighted by Crippen LogP contribution is 2.28. The molecular weight excluding hydrogens is 288 g/mol. The molecule has 1 aliphatic rings. The highest BCUT2D eigenvalue weighted by Gasteiger charge is 2.21. The molecule has 0 aromatic heterocycles. The van der Waals surface area contributed by atoms with E-state index in [-0.39, 0.29) is 0 Å². The van der Waals surface area contributed by atoms with Gasteiger partial charge in [0.15, 0.2) is 0 Å². The van der Waals surface area contributed by atoms with Crippen molar-refractivity contribution in [1.29, 1.82) is 0 Å². The molecule has 0 atom stereocenters. The van der Waals surface area contributed by atoms with E-state index in [9.17, 15) is 9.90 Å². The van der Waals surface area contributed by atoms with Crippen LogP contribution in [0.25, 0.3) is 0 Å². The molecule has 1 amide bonds. The molecule has 1 aromatic rings. The van der Waals surface area contributed by atoms with Gasteiger partial charge in [0, 0.05) is 13.1 Å². The normalized spacial score (nSPS) is 13.9. The maximum absolute atomic E-state index is 11.3. The summed E-state index contributed by atoms with van der Waals surface area (Å²) in [5, 5.41) is 9.25. The van der Waals surface area contributed by atoms with Gasteiger partial charge < -0.3 is 10.0 Å². The number of likely N-dealkylation sites (N-methyl/N-ethyl adjacent to an activating group) is 1. The molecule has 4 heteroatoms. The number of hydrogen-bond donors (Lipinski definition) is 1. The van der Waals surface area contributed by atoms with Crippen LogP contribution in [-0.4, -0.2) is 42.8 Å². The lowest BCUT2D eigenvalue weighted by molar-refractivity contribution is 0.201. The van der Waals surface area contributed by atoms with Crippen LogP contribution in [0.1, 0.15) is 36.8 Å². The summed E-state index contributed by atoms with van der Waals surface area (Å²) in [7, 11) is 2.12. The number of unbranched alkanes of at least 4 members (excludes halogenated alkanes) is 2. The molecule has 0 saturated carbocycles. The van der Waals surface area contributed by atoms with Gasteiger partial charge in [-0.3, -0.25) is 4.90 Å². The quantitative estimate of drug-likeness (QED) is 0.583. The smallest absolute Gasteiger partial charge is 0.411 e. The molecule has 1 aromatic carbocycles. The largest absolute Gasteiger partial charge is 0.465 e. The molecule has 2 rings (SSSR count). The predicted octanol–water partition coefficient (Wildman–Crippen LogP) is 3.95. The number of fused-ring (bicyclic) bond motifs is 1. The van der Waals surface area contributed by atoms with E-state index in [1.54, 1.807) is 0 Å². The molecule has 0 bridgehead atoms. The van der Waals surface area contributed by atoms with Crippen LogP contribution in [0.5, 0.6) is 0 Å². The third-order valence-electron chi connectivity index (χ3n) is 4.44. The summed E-state index contributed by atoms with van der Waals surface area (Å²) in [5.41, 5.74) is 3.39. The summed E-state index contributed by atoms with van der Waals surface area (Å²) in [6.07, 6.45) is 7.68. The average molecular weight is 316 g/mol.